The number of nitrogens with one attached hydrogen (secondary N) is 2. The number of rotatable bonds is 2. The Balaban J connectivity index is 2.15. The Morgan fingerprint density at radius 1 is 1.11 bits per heavy atom. The normalized spacial score (nSPS) is 10.1. The van der Waals surface area contributed by atoms with Crippen LogP contribution in [0.25, 0.3) is 10.9 Å². The van der Waals surface area contributed by atoms with E-state index in [2.05, 4.69) is 15.8 Å². The third kappa shape index (κ3) is 2.63. The van der Waals surface area contributed by atoms with Crippen LogP contribution in [-0.2, 0) is 4.79 Å². The van der Waals surface area contributed by atoms with Crippen LogP contribution < -0.4 is 10.9 Å². The molecule has 1 aromatic heterocycles. The number of fused-ring (bicyclic) bond motifs is 1. The van der Waals surface area contributed by atoms with Crippen molar-refractivity contribution in [3.8, 4) is 0 Å². The van der Waals surface area contributed by atoms with Crippen LogP contribution in [0, 0.1) is 0 Å². The summed E-state index contributed by atoms with van der Waals surface area (Å²) in [6, 6.07) is 11.0. The summed E-state index contributed by atoms with van der Waals surface area (Å²) in [7, 11) is 0. The van der Waals surface area contributed by atoms with Crippen LogP contribution in [0.4, 0.5) is 0 Å². The van der Waals surface area contributed by atoms with Gasteiger partial charge in [0.05, 0.1) is 5.52 Å². The van der Waals surface area contributed by atoms with Crippen LogP contribution in [0.2, 0.25) is 0 Å². The summed E-state index contributed by atoms with van der Waals surface area (Å²) in [6.07, 6.45) is 0.311. The first-order valence-electron chi connectivity index (χ1n) is 5.65. The van der Waals surface area contributed by atoms with Crippen molar-refractivity contribution in [1.82, 2.24) is 15.8 Å². The molecular formula is C13H13N3O2. The number of hydrazine groups is 1. The van der Waals surface area contributed by atoms with Crippen LogP contribution in [-0.4, -0.2) is 16.8 Å². The third-order valence-corrected chi connectivity index (χ3v) is 2.47. The van der Waals surface area contributed by atoms with Crippen molar-refractivity contribution in [2.75, 3.05) is 0 Å². The molecule has 0 atom stereocenters. The number of hydrogen-bond donors (Lipinski definition) is 2. The highest BCUT2D eigenvalue weighted by Gasteiger charge is 2.08. The number of nitrogens with zero attached hydrogens (tertiary/aromatic N) is 1. The molecular weight excluding hydrogens is 230 g/mol. The van der Waals surface area contributed by atoms with Crippen molar-refractivity contribution < 1.29 is 9.59 Å². The monoisotopic (exact) mass is 243 g/mol. The summed E-state index contributed by atoms with van der Waals surface area (Å²) in [4.78, 5) is 26.9. The Morgan fingerprint density at radius 3 is 2.67 bits per heavy atom. The van der Waals surface area contributed by atoms with Crippen LogP contribution in [0.5, 0.6) is 0 Å². The van der Waals surface area contributed by atoms with Crippen molar-refractivity contribution >= 4 is 22.7 Å². The Kier molecular flexibility index (Phi) is 3.52. The van der Waals surface area contributed by atoms with Crippen LogP contribution in [0.1, 0.15) is 23.8 Å². The maximum Gasteiger partial charge on any atom is 0.288 e. The van der Waals surface area contributed by atoms with Crippen LogP contribution in [0.3, 0.4) is 0 Å². The lowest BCUT2D eigenvalue weighted by atomic mass is 10.2. The highest BCUT2D eigenvalue weighted by Crippen LogP contribution is 2.11. The highest BCUT2D eigenvalue weighted by atomic mass is 16.2. The molecule has 18 heavy (non-hydrogen) atoms. The Morgan fingerprint density at radius 2 is 1.89 bits per heavy atom. The molecule has 0 spiro atoms. The molecule has 0 aliphatic heterocycles. The first-order chi connectivity index (χ1) is 8.70. The molecule has 5 nitrogen and oxygen atoms in total. The van der Waals surface area contributed by atoms with Crippen molar-refractivity contribution in [2.45, 2.75) is 13.3 Å². The molecule has 2 aromatic rings. The zero-order chi connectivity index (χ0) is 13.0. The lowest BCUT2D eigenvalue weighted by Crippen LogP contribution is -2.41. The molecule has 1 heterocycles. The Hall–Kier alpha value is -2.43. The van der Waals surface area contributed by atoms with Gasteiger partial charge in [-0.2, -0.15) is 0 Å². The van der Waals surface area contributed by atoms with Crippen LogP contribution >= 0.6 is 0 Å². The number of carbonyl (C=O) groups is 2. The fraction of sp³-hybridized carbons (Fsp3) is 0.154. The number of carbonyl (C=O) groups excluding carboxylic acids is 2. The molecule has 0 bridgehead atoms. The zero-order valence-electron chi connectivity index (χ0n) is 9.93. The third-order valence-electron chi connectivity index (χ3n) is 2.47. The second-order valence-corrected chi connectivity index (χ2v) is 3.75. The molecule has 92 valence electrons. The summed E-state index contributed by atoms with van der Waals surface area (Å²) in [6.45, 7) is 1.70. The molecule has 0 aliphatic carbocycles. The number of para-hydroxylation sites is 1. The average molecular weight is 243 g/mol. The fourth-order valence-electron chi connectivity index (χ4n) is 1.47. The Labute approximate surface area is 104 Å². The molecule has 5 heteroatoms. The molecule has 1 aromatic carbocycles. The smallest absolute Gasteiger partial charge is 0.273 e. The second-order valence-electron chi connectivity index (χ2n) is 3.75. The average Bonchev–Trinajstić information content (AvgIpc) is 2.43. The number of hydrogen-bond acceptors (Lipinski definition) is 3. The minimum atomic E-state index is -0.428. The predicted octanol–water partition coefficient (Wildman–Crippen LogP) is 1.41. The molecule has 0 radical (unpaired) electrons. The SMILES string of the molecule is CCC(=O)NNC(=O)c1ccc2ccccc2n1. The molecule has 0 fully saturated rings. The van der Waals surface area contributed by atoms with E-state index in [4.69, 9.17) is 0 Å². The van der Waals surface area contributed by atoms with Crippen molar-refractivity contribution in [1.29, 1.82) is 0 Å². The van der Waals surface area contributed by atoms with E-state index in [-0.39, 0.29) is 11.6 Å². The summed E-state index contributed by atoms with van der Waals surface area (Å²) in [5, 5.41) is 0.964. The van der Waals surface area contributed by atoms with Gasteiger partial charge in [-0.1, -0.05) is 31.2 Å². The Bertz CT molecular complexity index is 596. The standard InChI is InChI=1S/C13H13N3O2/c1-2-12(17)15-16-13(18)11-8-7-9-5-3-4-6-10(9)14-11/h3-8H,2H2,1H3,(H,15,17)(H,16,18). The lowest BCUT2D eigenvalue weighted by molar-refractivity contribution is -0.121. The topological polar surface area (TPSA) is 71.1 Å². The summed E-state index contributed by atoms with van der Waals surface area (Å²) in [5.74, 6) is -0.674. The highest BCUT2D eigenvalue weighted by molar-refractivity contribution is 5.95. The quantitative estimate of drug-likeness (QED) is 0.783. The summed E-state index contributed by atoms with van der Waals surface area (Å²) < 4.78 is 0. The summed E-state index contributed by atoms with van der Waals surface area (Å²) in [5.41, 5.74) is 5.62. The number of aromatic nitrogens is 1. The molecule has 2 rings (SSSR count). The van der Waals surface area contributed by atoms with Gasteiger partial charge < -0.3 is 0 Å². The number of pyridine rings is 1. The van der Waals surface area contributed by atoms with Gasteiger partial charge in [-0.25, -0.2) is 4.98 Å². The first kappa shape index (κ1) is 12.0. The van der Waals surface area contributed by atoms with E-state index >= 15 is 0 Å². The second kappa shape index (κ2) is 5.27. The largest absolute Gasteiger partial charge is 0.288 e. The van der Waals surface area contributed by atoms with Crippen molar-refractivity contribution in [2.24, 2.45) is 0 Å². The fourth-order valence-corrected chi connectivity index (χ4v) is 1.47. The van der Waals surface area contributed by atoms with E-state index in [0.29, 0.717) is 6.42 Å². The molecule has 2 N–H and O–H groups in total. The number of benzene rings is 1. The predicted molar refractivity (Wildman–Crippen MR) is 67.6 cm³/mol. The molecule has 0 saturated carbocycles. The number of amides is 2. The lowest BCUT2D eigenvalue weighted by Gasteiger charge is -2.06. The van der Waals surface area contributed by atoms with Gasteiger partial charge in [-0.15, -0.1) is 0 Å². The van der Waals surface area contributed by atoms with Gasteiger partial charge in [-0.05, 0) is 12.1 Å². The first-order valence-corrected chi connectivity index (χ1v) is 5.65. The van der Waals surface area contributed by atoms with Crippen molar-refractivity contribution in [3.05, 3.63) is 42.1 Å². The molecule has 2 amide bonds. The van der Waals surface area contributed by atoms with E-state index in [1.165, 1.54) is 0 Å². The molecule has 0 aliphatic rings. The van der Waals surface area contributed by atoms with Gasteiger partial charge in [0, 0.05) is 11.8 Å². The van der Waals surface area contributed by atoms with Gasteiger partial charge in [0.15, 0.2) is 0 Å². The van der Waals surface area contributed by atoms with E-state index in [9.17, 15) is 9.59 Å². The van der Waals surface area contributed by atoms with E-state index in [1.807, 2.05) is 30.3 Å². The van der Waals surface area contributed by atoms with E-state index in [1.54, 1.807) is 13.0 Å². The van der Waals surface area contributed by atoms with Gasteiger partial charge in [0.1, 0.15) is 5.69 Å². The maximum absolute atomic E-state index is 11.7. The van der Waals surface area contributed by atoms with Gasteiger partial charge in [-0.3, -0.25) is 20.4 Å². The van der Waals surface area contributed by atoms with Crippen molar-refractivity contribution in [3.63, 3.8) is 0 Å². The zero-order valence-corrected chi connectivity index (χ0v) is 9.93. The summed E-state index contributed by atoms with van der Waals surface area (Å²) >= 11 is 0. The molecule has 0 saturated heterocycles. The van der Waals surface area contributed by atoms with Gasteiger partial charge in [0.25, 0.3) is 5.91 Å². The molecule has 0 unspecified atom stereocenters. The minimum absolute atomic E-state index is 0.246. The van der Waals surface area contributed by atoms with Crippen LogP contribution in [0.15, 0.2) is 36.4 Å². The van der Waals surface area contributed by atoms with E-state index in [0.717, 1.165) is 10.9 Å². The van der Waals surface area contributed by atoms with E-state index < -0.39 is 5.91 Å². The van der Waals surface area contributed by atoms with Gasteiger partial charge >= 0.3 is 0 Å². The van der Waals surface area contributed by atoms with Gasteiger partial charge in [0.2, 0.25) is 5.91 Å². The maximum atomic E-state index is 11.7. The minimum Gasteiger partial charge on any atom is -0.273 e.